The number of hydrogen-bond donors (Lipinski definition) is 2. The second-order valence-corrected chi connectivity index (χ2v) is 3.66. The van der Waals surface area contributed by atoms with Gasteiger partial charge < -0.3 is 5.32 Å². The number of benzene rings is 1. The van der Waals surface area contributed by atoms with Crippen molar-refractivity contribution < 1.29 is 4.57 Å². The van der Waals surface area contributed by atoms with Crippen molar-refractivity contribution in [3.8, 4) is 0 Å². The van der Waals surface area contributed by atoms with Gasteiger partial charge in [-0.05, 0) is 12.1 Å². The molecule has 0 fully saturated rings. The maximum Gasteiger partial charge on any atom is 0.328 e. The average molecular weight is 242 g/mol. The Bertz CT molecular complexity index is 524. The number of para-hydroxylation sites is 1. The van der Waals surface area contributed by atoms with E-state index in [1.54, 1.807) is 6.08 Å². The van der Waals surface area contributed by atoms with Gasteiger partial charge in [0.25, 0.3) is 0 Å². The van der Waals surface area contributed by atoms with E-state index in [9.17, 15) is 0 Å². The Kier molecular flexibility index (Phi) is 3.86. The summed E-state index contributed by atoms with van der Waals surface area (Å²) in [6.07, 6.45) is 3.33. The Morgan fingerprint density at radius 2 is 1.94 bits per heavy atom. The van der Waals surface area contributed by atoms with Crippen LogP contribution in [0.25, 0.3) is 0 Å². The van der Waals surface area contributed by atoms with Crippen molar-refractivity contribution in [3.63, 3.8) is 0 Å². The molecule has 0 amide bonds. The molecule has 0 aliphatic rings. The fourth-order valence-electron chi connectivity index (χ4n) is 1.63. The smallest absolute Gasteiger partial charge is 0.309 e. The second kappa shape index (κ2) is 5.77. The van der Waals surface area contributed by atoms with E-state index in [0.29, 0.717) is 6.54 Å². The molecule has 2 aromatic rings. The molecule has 2 N–H and O–H groups in total. The molecular formula is C13H16N5+. The van der Waals surface area contributed by atoms with Crippen molar-refractivity contribution in [2.24, 2.45) is 0 Å². The molecular weight excluding hydrogens is 226 g/mol. The van der Waals surface area contributed by atoms with Crippen molar-refractivity contribution >= 4 is 17.6 Å². The van der Waals surface area contributed by atoms with Crippen molar-refractivity contribution in [1.82, 2.24) is 9.97 Å². The van der Waals surface area contributed by atoms with E-state index in [1.807, 2.05) is 41.9 Å². The Labute approximate surface area is 106 Å². The highest BCUT2D eigenvalue weighted by Gasteiger charge is 2.13. The van der Waals surface area contributed by atoms with E-state index in [0.717, 1.165) is 17.6 Å². The summed E-state index contributed by atoms with van der Waals surface area (Å²) in [6, 6.07) is 9.89. The van der Waals surface area contributed by atoms with Gasteiger partial charge in [-0.25, -0.2) is 4.57 Å². The van der Waals surface area contributed by atoms with Gasteiger partial charge in [0.15, 0.2) is 0 Å². The molecule has 0 atom stereocenters. The third kappa shape index (κ3) is 2.63. The summed E-state index contributed by atoms with van der Waals surface area (Å²) in [7, 11) is 1.83. The van der Waals surface area contributed by atoms with Crippen LogP contribution in [-0.2, 0) is 6.54 Å². The molecule has 18 heavy (non-hydrogen) atoms. The standard InChI is InChI=1S/C13H15N5/c1-3-9-18-12(14-2)15-10-16-13(18)17-11-7-5-4-6-8-11/h3-8,10H,1,9H2,2H3,(H,14,15,16,17)/p+1. The van der Waals surface area contributed by atoms with E-state index >= 15 is 0 Å². The molecule has 1 aromatic carbocycles. The molecule has 0 saturated heterocycles. The van der Waals surface area contributed by atoms with Gasteiger partial charge in [0, 0.05) is 7.05 Å². The van der Waals surface area contributed by atoms with Crippen LogP contribution < -0.4 is 15.2 Å². The van der Waals surface area contributed by atoms with Gasteiger partial charge in [-0.1, -0.05) is 24.3 Å². The third-order valence-electron chi connectivity index (χ3n) is 2.44. The molecule has 0 saturated carbocycles. The Morgan fingerprint density at radius 1 is 1.22 bits per heavy atom. The maximum absolute atomic E-state index is 4.25. The summed E-state index contributed by atoms with van der Waals surface area (Å²) < 4.78 is 1.92. The van der Waals surface area contributed by atoms with Gasteiger partial charge in [-0.2, -0.15) is 0 Å². The molecule has 2 rings (SSSR count). The monoisotopic (exact) mass is 242 g/mol. The lowest BCUT2D eigenvalue weighted by atomic mass is 10.3. The molecule has 0 aliphatic carbocycles. The van der Waals surface area contributed by atoms with Crippen molar-refractivity contribution in [2.45, 2.75) is 6.54 Å². The molecule has 92 valence electrons. The second-order valence-electron chi connectivity index (χ2n) is 3.66. The minimum Gasteiger partial charge on any atom is -0.309 e. The first kappa shape index (κ1) is 12.0. The fourth-order valence-corrected chi connectivity index (χ4v) is 1.63. The third-order valence-corrected chi connectivity index (χ3v) is 2.44. The first-order valence-electron chi connectivity index (χ1n) is 5.70. The predicted molar refractivity (Wildman–Crippen MR) is 71.7 cm³/mol. The Morgan fingerprint density at radius 3 is 2.61 bits per heavy atom. The normalized spacial score (nSPS) is 9.83. The lowest BCUT2D eigenvalue weighted by Crippen LogP contribution is -2.40. The number of hydrogen-bond acceptors (Lipinski definition) is 4. The van der Waals surface area contributed by atoms with E-state index in [1.165, 1.54) is 6.33 Å². The van der Waals surface area contributed by atoms with Crippen LogP contribution in [0.2, 0.25) is 0 Å². The number of aromatic nitrogens is 3. The zero-order valence-corrected chi connectivity index (χ0v) is 10.3. The molecule has 5 heteroatoms. The summed E-state index contributed by atoms with van der Waals surface area (Å²) in [5.41, 5.74) is 0.982. The largest absolute Gasteiger partial charge is 0.328 e. The molecule has 0 bridgehead atoms. The van der Waals surface area contributed by atoms with Gasteiger partial charge in [0.2, 0.25) is 6.33 Å². The van der Waals surface area contributed by atoms with Crippen LogP contribution >= 0.6 is 0 Å². The zero-order valence-electron chi connectivity index (χ0n) is 10.3. The van der Waals surface area contributed by atoms with Crippen LogP contribution in [-0.4, -0.2) is 17.0 Å². The lowest BCUT2D eigenvalue weighted by Gasteiger charge is -2.08. The number of nitrogens with zero attached hydrogens (tertiary/aromatic N) is 3. The minimum absolute atomic E-state index is 0.631. The van der Waals surface area contributed by atoms with Crippen LogP contribution in [0.4, 0.5) is 17.6 Å². The number of rotatable bonds is 5. The quantitative estimate of drug-likeness (QED) is 0.619. The van der Waals surface area contributed by atoms with Gasteiger partial charge in [-0.3, -0.25) is 5.32 Å². The molecule has 0 aliphatic heterocycles. The zero-order chi connectivity index (χ0) is 12.8. The highest BCUT2D eigenvalue weighted by atomic mass is 15.3. The first-order chi connectivity index (χ1) is 8.85. The Hall–Kier alpha value is -2.43. The van der Waals surface area contributed by atoms with Crippen LogP contribution in [0.5, 0.6) is 0 Å². The van der Waals surface area contributed by atoms with Crippen molar-refractivity contribution in [1.29, 1.82) is 0 Å². The van der Waals surface area contributed by atoms with Crippen LogP contribution in [0, 0.1) is 0 Å². The molecule has 1 heterocycles. The summed E-state index contributed by atoms with van der Waals surface area (Å²) in [5.74, 6) is 1.46. The van der Waals surface area contributed by atoms with Gasteiger partial charge in [-0.15, -0.1) is 16.5 Å². The first-order valence-corrected chi connectivity index (χ1v) is 5.70. The van der Waals surface area contributed by atoms with Crippen molar-refractivity contribution in [3.05, 3.63) is 49.3 Å². The molecule has 0 radical (unpaired) electrons. The fraction of sp³-hybridized carbons (Fsp3) is 0.154. The average Bonchev–Trinajstić information content (AvgIpc) is 2.42. The molecule has 0 spiro atoms. The van der Waals surface area contributed by atoms with Crippen LogP contribution in [0.15, 0.2) is 49.3 Å². The highest BCUT2D eigenvalue weighted by Crippen LogP contribution is 2.10. The van der Waals surface area contributed by atoms with E-state index in [4.69, 9.17) is 0 Å². The number of allylic oxidation sites excluding steroid dienone is 1. The molecule has 1 aromatic heterocycles. The maximum atomic E-state index is 4.25. The highest BCUT2D eigenvalue weighted by molar-refractivity contribution is 5.50. The van der Waals surface area contributed by atoms with Gasteiger partial charge in [0.1, 0.15) is 0 Å². The summed E-state index contributed by atoms with van der Waals surface area (Å²) >= 11 is 0. The van der Waals surface area contributed by atoms with Gasteiger partial charge in [0.05, 0.1) is 12.2 Å². The number of nitrogens with one attached hydrogen (secondary N) is 2. The van der Waals surface area contributed by atoms with Gasteiger partial charge >= 0.3 is 11.9 Å². The van der Waals surface area contributed by atoms with Crippen LogP contribution in [0.1, 0.15) is 0 Å². The number of anilines is 3. The minimum atomic E-state index is 0.631. The van der Waals surface area contributed by atoms with Crippen LogP contribution in [0.3, 0.4) is 0 Å². The summed E-state index contributed by atoms with van der Waals surface area (Å²) in [6.45, 7) is 4.38. The van der Waals surface area contributed by atoms with E-state index < -0.39 is 0 Å². The lowest BCUT2D eigenvalue weighted by molar-refractivity contribution is -0.663. The molecule has 0 unspecified atom stereocenters. The predicted octanol–water partition coefficient (Wildman–Crippen LogP) is 1.74. The van der Waals surface area contributed by atoms with E-state index in [2.05, 4.69) is 27.2 Å². The van der Waals surface area contributed by atoms with E-state index in [-0.39, 0.29) is 0 Å². The summed E-state index contributed by atoms with van der Waals surface area (Å²) in [4.78, 5) is 8.43. The topological polar surface area (TPSA) is 53.7 Å². The Balaban J connectivity index is 2.34. The summed E-state index contributed by atoms with van der Waals surface area (Å²) in [5, 5.41) is 6.29. The SMILES string of the molecule is C=CC[n+]1c(NC)ncnc1Nc1ccccc1. The van der Waals surface area contributed by atoms with Crippen molar-refractivity contribution in [2.75, 3.05) is 17.7 Å². The molecule has 5 nitrogen and oxygen atoms in total.